The van der Waals surface area contributed by atoms with Gasteiger partial charge in [0.05, 0.1) is 16.9 Å². The van der Waals surface area contributed by atoms with E-state index in [2.05, 4.69) is 15.6 Å². The van der Waals surface area contributed by atoms with Crippen molar-refractivity contribution in [2.45, 2.75) is 32.8 Å². The Morgan fingerprint density at radius 1 is 1.43 bits per heavy atom. The van der Waals surface area contributed by atoms with Gasteiger partial charge in [-0.15, -0.1) is 11.3 Å². The van der Waals surface area contributed by atoms with Gasteiger partial charge in [0.25, 0.3) is 11.8 Å². The fourth-order valence-electron chi connectivity index (χ4n) is 2.14. The van der Waals surface area contributed by atoms with Crippen molar-refractivity contribution in [2.24, 2.45) is 0 Å². The molecule has 120 valence electrons. The first kappa shape index (κ1) is 15.5. The number of thiazole rings is 1. The number of carbonyl (C=O) groups is 2. The van der Waals surface area contributed by atoms with Gasteiger partial charge < -0.3 is 15.4 Å². The number of nitrogens with zero attached hydrogens (tertiary/aromatic N) is 1. The Morgan fingerprint density at radius 3 is 2.91 bits per heavy atom. The van der Waals surface area contributed by atoms with Gasteiger partial charge in [0.15, 0.2) is 6.10 Å². The third kappa shape index (κ3) is 3.19. The van der Waals surface area contributed by atoms with Gasteiger partial charge in [-0.25, -0.2) is 4.98 Å². The van der Waals surface area contributed by atoms with Crippen molar-refractivity contribution in [1.29, 1.82) is 0 Å². The van der Waals surface area contributed by atoms with Gasteiger partial charge in [-0.3, -0.25) is 9.59 Å². The van der Waals surface area contributed by atoms with E-state index in [4.69, 9.17) is 4.74 Å². The third-order valence-corrected chi connectivity index (χ3v) is 4.71. The van der Waals surface area contributed by atoms with Crippen LogP contribution >= 0.6 is 11.3 Å². The van der Waals surface area contributed by atoms with Gasteiger partial charge in [-0.05, 0) is 25.1 Å². The van der Waals surface area contributed by atoms with Crippen LogP contribution in [0.25, 0.3) is 0 Å². The topological polar surface area (TPSA) is 80.3 Å². The van der Waals surface area contributed by atoms with Gasteiger partial charge in [-0.1, -0.05) is 13.8 Å². The molecule has 0 radical (unpaired) electrons. The number of fused-ring (bicyclic) bond motifs is 1. The third-order valence-electron chi connectivity index (χ3n) is 3.41. The first-order valence-electron chi connectivity index (χ1n) is 7.32. The second kappa shape index (κ2) is 6.00. The Kier molecular flexibility index (Phi) is 4.04. The predicted molar refractivity (Wildman–Crippen MR) is 89.3 cm³/mol. The summed E-state index contributed by atoms with van der Waals surface area (Å²) in [6.07, 6.45) is 1.06. The van der Waals surface area contributed by atoms with Crippen LogP contribution in [0.2, 0.25) is 0 Å². The Bertz CT molecular complexity index is 770. The molecule has 2 N–H and O–H groups in total. The summed E-state index contributed by atoms with van der Waals surface area (Å²) in [5.41, 5.74) is 1.14. The Labute approximate surface area is 137 Å². The first-order chi connectivity index (χ1) is 10.9. The molecular weight excluding hydrogens is 314 g/mol. The number of amides is 2. The van der Waals surface area contributed by atoms with Crippen molar-refractivity contribution in [3.05, 3.63) is 34.3 Å². The van der Waals surface area contributed by atoms with Crippen LogP contribution in [-0.2, 0) is 4.79 Å². The van der Waals surface area contributed by atoms with Crippen LogP contribution in [-0.4, -0.2) is 22.9 Å². The fourth-order valence-corrected chi connectivity index (χ4v) is 2.95. The quantitative estimate of drug-likeness (QED) is 0.905. The van der Waals surface area contributed by atoms with Crippen LogP contribution in [0.15, 0.2) is 24.4 Å². The van der Waals surface area contributed by atoms with Crippen molar-refractivity contribution in [1.82, 2.24) is 4.98 Å². The molecular formula is C16H17N3O3S. The minimum Gasteiger partial charge on any atom is -0.479 e. The summed E-state index contributed by atoms with van der Waals surface area (Å²) in [6.45, 7) is 5.76. The number of nitrogens with one attached hydrogen (secondary N) is 2. The molecule has 1 unspecified atom stereocenters. The maximum Gasteiger partial charge on any atom is 0.267 e. The summed E-state index contributed by atoms with van der Waals surface area (Å²) in [5.74, 6) is 0.463. The fraction of sp³-hybridized carbons (Fsp3) is 0.312. The average molecular weight is 331 g/mol. The number of ether oxygens (including phenoxy) is 1. The summed E-state index contributed by atoms with van der Waals surface area (Å²) < 4.78 is 5.49. The van der Waals surface area contributed by atoms with Gasteiger partial charge in [0, 0.05) is 11.6 Å². The molecule has 0 spiro atoms. The monoisotopic (exact) mass is 331 g/mol. The molecule has 0 fully saturated rings. The molecule has 3 rings (SSSR count). The summed E-state index contributed by atoms with van der Waals surface area (Å²) in [4.78, 5) is 28.7. The molecule has 1 aliphatic heterocycles. The van der Waals surface area contributed by atoms with Crippen molar-refractivity contribution in [3.8, 4) is 5.75 Å². The second-order valence-electron chi connectivity index (χ2n) is 5.63. The maximum absolute atomic E-state index is 12.3. The lowest BCUT2D eigenvalue weighted by atomic mass is 10.2. The molecule has 1 aromatic heterocycles. The highest BCUT2D eigenvalue weighted by atomic mass is 32.1. The molecule has 0 bridgehead atoms. The molecule has 2 aromatic rings. The van der Waals surface area contributed by atoms with Gasteiger partial charge in [0.2, 0.25) is 0 Å². The van der Waals surface area contributed by atoms with Gasteiger partial charge >= 0.3 is 0 Å². The van der Waals surface area contributed by atoms with Crippen molar-refractivity contribution in [2.75, 3.05) is 10.6 Å². The van der Waals surface area contributed by atoms with E-state index in [1.165, 1.54) is 11.3 Å². The Morgan fingerprint density at radius 2 is 2.22 bits per heavy atom. The van der Waals surface area contributed by atoms with Crippen LogP contribution in [0.5, 0.6) is 5.75 Å². The molecule has 6 nitrogen and oxygen atoms in total. The van der Waals surface area contributed by atoms with E-state index in [1.807, 2.05) is 13.8 Å². The average Bonchev–Trinajstić information content (AvgIpc) is 2.99. The molecule has 23 heavy (non-hydrogen) atoms. The molecule has 0 aliphatic carbocycles. The highest BCUT2D eigenvalue weighted by Gasteiger charge is 2.23. The lowest BCUT2D eigenvalue weighted by molar-refractivity contribution is -0.122. The van der Waals surface area contributed by atoms with Gasteiger partial charge in [-0.2, -0.15) is 0 Å². The normalized spacial score (nSPS) is 16.5. The molecule has 0 saturated heterocycles. The smallest absolute Gasteiger partial charge is 0.267 e. The Balaban J connectivity index is 1.76. The minimum absolute atomic E-state index is 0.204. The Hall–Kier alpha value is -2.41. The number of aromatic nitrogens is 1. The van der Waals surface area contributed by atoms with E-state index in [-0.39, 0.29) is 11.8 Å². The molecule has 2 heterocycles. The number of rotatable bonds is 3. The second-order valence-corrected chi connectivity index (χ2v) is 6.69. The number of carbonyl (C=O) groups excluding carboxylic acids is 2. The zero-order valence-electron chi connectivity index (χ0n) is 13.0. The SMILES string of the molecule is CC1Oc2ccc(NC(=O)c3cnc(C(C)C)s3)cc2NC1=O. The lowest BCUT2D eigenvalue weighted by Gasteiger charge is -2.23. The van der Waals surface area contributed by atoms with Crippen LogP contribution in [0.3, 0.4) is 0 Å². The first-order valence-corrected chi connectivity index (χ1v) is 8.14. The molecule has 1 aromatic carbocycles. The van der Waals surface area contributed by atoms with E-state index in [0.29, 0.717) is 27.9 Å². The van der Waals surface area contributed by atoms with E-state index in [0.717, 1.165) is 5.01 Å². The van der Waals surface area contributed by atoms with Gasteiger partial charge in [0.1, 0.15) is 10.6 Å². The van der Waals surface area contributed by atoms with Crippen LogP contribution in [0.1, 0.15) is 41.4 Å². The van der Waals surface area contributed by atoms with Crippen LogP contribution in [0.4, 0.5) is 11.4 Å². The largest absolute Gasteiger partial charge is 0.479 e. The summed E-state index contributed by atoms with van der Waals surface area (Å²) in [5, 5.41) is 6.49. The predicted octanol–water partition coefficient (Wildman–Crippen LogP) is 3.24. The number of hydrogen-bond acceptors (Lipinski definition) is 5. The number of anilines is 2. The molecule has 1 atom stereocenters. The summed E-state index contributed by atoms with van der Waals surface area (Å²) >= 11 is 1.38. The highest BCUT2D eigenvalue weighted by Crippen LogP contribution is 2.32. The zero-order chi connectivity index (χ0) is 16.6. The lowest BCUT2D eigenvalue weighted by Crippen LogP contribution is -2.34. The van der Waals surface area contributed by atoms with Crippen LogP contribution < -0.4 is 15.4 Å². The van der Waals surface area contributed by atoms with E-state index >= 15 is 0 Å². The number of benzene rings is 1. The van der Waals surface area contributed by atoms with E-state index < -0.39 is 6.10 Å². The zero-order valence-corrected chi connectivity index (χ0v) is 13.9. The van der Waals surface area contributed by atoms with E-state index in [1.54, 1.807) is 31.3 Å². The standard InChI is InChI=1S/C16H17N3O3S/c1-8(2)16-17-7-13(23-16)15(21)18-10-4-5-12-11(6-10)19-14(20)9(3)22-12/h4-9H,1-3H3,(H,18,21)(H,19,20). The van der Waals surface area contributed by atoms with Crippen molar-refractivity contribution >= 4 is 34.5 Å². The minimum atomic E-state index is -0.519. The number of hydrogen-bond donors (Lipinski definition) is 2. The molecule has 1 aliphatic rings. The maximum atomic E-state index is 12.3. The molecule has 7 heteroatoms. The summed E-state index contributed by atoms with van der Waals surface area (Å²) in [7, 11) is 0. The molecule has 0 saturated carbocycles. The molecule has 2 amide bonds. The summed E-state index contributed by atoms with van der Waals surface area (Å²) in [6, 6.07) is 5.15. The van der Waals surface area contributed by atoms with E-state index in [9.17, 15) is 9.59 Å². The van der Waals surface area contributed by atoms with Crippen molar-refractivity contribution in [3.63, 3.8) is 0 Å². The highest BCUT2D eigenvalue weighted by molar-refractivity contribution is 7.13. The van der Waals surface area contributed by atoms with Crippen molar-refractivity contribution < 1.29 is 14.3 Å². The van der Waals surface area contributed by atoms with Crippen LogP contribution in [0, 0.1) is 0 Å².